The van der Waals surface area contributed by atoms with Gasteiger partial charge >= 0.3 is 0 Å². The van der Waals surface area contributed by atoms with Crippen LogP contribution in [0.5, 0.6) is 5.75 Å². The zero-order valence-corrected chi connectivity index (χ0v) is 9.52. The van der Waals surface area contributed by atoms with E-state index in [0.717, 1.165) is 30.8 Å². The summed E-state index contributed by atoms with van der Waals surface area (Å²) in [7, 11) is 0. The highest BCUT2D eigenvalue weighted by Gasteiger charge is 2.14. The van der Waals surface area contributed by atoms with Gasteiger partial charge in [0.05, 0.1) is 6.61 Å². The third-order valence-electron chi connectivity index (χ3n) is 2.79. The average molecular weight is 218 g/mol. The summed E-state index contributed by atoms with van der Waals surface area (Å²) in [5, 5.41) is 0. The van der Waals surface area contributed by atoms with Crippen molar-refractivity contribution in [1.29, 1.82) is 0 Å². The number of para-hydroxylation sites is 1. The Morgan fingerprint density at radius 1 is 1.25 bits per heavy atom. The molecule has 1 fully saturated rings. The van der Waals surface area contributed by atoms with Crippen LogP contribution in [0.4, 0.5) is 0 Å². The van der Waals surface area contributed by atoms with E-state index in [4.69, 9.17) is 9.47 Å². The van der Waals surface area contributed by atoms with E-state index in [1.54, 1.807) is 0 Å². The summed E-state index contributed by atoms with van der Waals surface area (Å²) >= 11 is 0. The van der Waals surface area contributed by atoms with Gasteiger partial charge in [-0.2, -0.15) is 0 Å². The molecule has 0 aromatic heterocycles. The summed E-state index contributed by atoms with van der Waals surface area (Å²) in [6.07, 6.45) is 6.26. The van der Waals surface area contributed by atoms with Crippen molar-refractivity contribution in [3.63, 3.8) is 0 Å². The van der Waals surface area contributed by atoms with Crippen molar-refractivity contribution >= 4 is 6.08 Å². The first-order valence-electron chi connectivity index (χ1n) is 5.90. The van der Waals surface area contributed by atoms with Crippen LogP contribution in [-0.4, -0.2) is 12.9 Å². The Bertz CT molecular complexity index is 338. The van der Waals surface area contributed by atoms with Crippen molar-refractivity contribution in [3.05, 3.63) is 36.4 Å². The van der Waals surface area contributed by atoms with Crippen LogP contribution < -0.4 is 4.74 Å². The first kappa shape index (κ1) is 11.2. The lowest BCUT2D eigenvalue weighted by Gasteiger charge is -2.18. The van der Waals surface area contributed by atoms with Crippen molar-refractivity contribution in [3.8, 4) is 5.75 Å². The van der Waals surface area contributed by atoms with Gasteiger partial charge in [-0.3, -0.25) is 0 Å². The second-order valence-electron chi connectivity index (χ2n) is 4.01. The summed E-state index contributed by atoms with van der Waals surface area (Å²) in [6.45, 7) is 4.59. The molecule has 0 radical (unpaired) electrons. The fraction of sp³-hybridized carbons (Fsp3) is 0.429. The van der Waals surface area contributed by atoms with Gasteiger partial charge < -0.3 is 9.47 Å². The third-order valence-corrected chi connectivity index (χ3v) is 2.79. The van der Waals surface area contributed by atoms with Crippen LogP contribution >= 0.6 is 0 Å². The minimum Gasteiger partial charge on any atom is -0.464 e. The molecule has 1 unspecified atom stereocenters. The molecule has 86 valence electrons. The van der Waals surface area contributed by atoms with Crippen LogP contribution in [0.15, 0.2) is 30.8 Å². The van der Waals surface area contributed by atoms with Gasteiger partial charge in [0.15, 0.2) is 6.29 Å². The fourth-order valence-corrected chi connectivity index (χ4v) is 1.88. The minimum atomic E-state index is -0.0939. The van der Waals surface area contributed by atoms with E-state index >= 15 is 0 Å². The van der Waals surface area contributed by atoms with Gasteiger partial charge in [0.2, 0.25) is 0 Å². The van der Waals surface area contributed by atoms with E-state index < -0.39 is 0 Å². The van der Waals surface area contributed by atoms with Crippen LogP contribution in [0.1, 0.15) is 31.2 Å². The van der Waals surface area contributed by atoms with Crippen LogP contribution in [-0.2, 0) is 4.74 Å². The summed E-state index contributed by atoms with van der Waals surface area (Å²) in [6, 6.07) is 7.92. The highest BCUT2D eigenvalue weighted by molar-refractivity contribution is 5.55. The molecule has 0 aliphatic carbocycles. The van der Waals surface area contributed by atoms with E-state index in [1.165, 1.54) is 12.8 Å². The van der Waals surface area contributed by atoms with E-state index in [-0.39, 0.29) is 6.29 Å². The van der Waals surface area contributed by atoms with Crippen LogP contribution in [0.3, 0.4) is 0 Å². The van der Waals surface area contributed by atoms with Gasteiger partial charge in [-0.15, -0.1) is 0 Å². The number of rotatable bonds is 3. The number of hydrogen-bond donors (Lipinski definition) is 0. The molecule has 0 saturated carbocycles. The summed E-state index contributed by atoms with van der Waals surface area (Å²) in [5.74, 6) is 0.865. The summed E-state index contributed by atoms with van der Waals surface area (Å²) < 4.78 is 11.5. The first-order chi connectivity index (χ1) is 7.90. The molecule has 1 aliphatic heterocycles. The van der Waals surface area contributed by atoms with E-state index in [2.05, 4.69) is 6.58 Å². The molecule has 1 aromatic rings. The van der Waals surface area contributed by atoms with Gasteiger partial charge in [-0.25, -0.2) is 0 Å². The van der Waals surface area contributed by atoms with Crippen LogP contribution in [0, 0.1) is 0 Å². The smallest absolute Gasteiger partial charge is 0.199 e. The highest BCUT2D eigenvalue weighted by Crippen LogP contribution is 2.23. The van der Waals surface area contributed by atoms with E-state index in [0.29, 0.717) is 0 Å². The predicted octanol–water partition coefficient (Wildman–Crippen LogP) is 3.63. The Balaban J connectivity index is 2.04. The van der Waals surface area contributed by atoms with Crippen molar-refractivity contribution in [2.75, 3.05) is 6.61 Å². The van der Waals surface area contributed by atoms with Crippen molar-refractivity contribution in [2.45, 2.75) is 32.0 Å². The zero-order valence-electron chi connectivity index (χ0n) is 9.52. The Labute approximate surface area is 96.9 Å². The Morgan fingerprint density at radius 2 is 2.12 bits per heavy atom. The average Bonchev–Trinajstić information content (AvgIpc) is 2.58. The predicted molar refractivity (Wildman–Crippen MR) is 65.4 cm³/mol. The normalized spacial score (nSPS) is 21.1. The van der Waals surface area contributed by atoms with Gasteiger partial charge in [-0.05, 0) is 18.9 Å². The molecule has 0 bridgehead atoms. The maximum Gasteiger partial charge on any atom is 0.199 e. The molecule has 0 spiro atoms. The molecule has 1 aromatic carbocycles. The van der Waals surface area contributed by atoms with Crippen molar-refractivity contribution in [2.24, 2.45) is 0 Å². The Kier molecular flexibility index (Phi) is 4.00. The second kappa shape index (κ2) is 5.71. The topological polar surface area (TPSA) is 18.5 Å². The number of ether oxygens (including phenoxy) is 2. The SMILES string of the molecule is C=Cc1ccccc1OC1CCCCCO1. The molecule has 2 nitrogen and oxygen atoms in total. The number of hydrogen-bond acceptors (Lipinski definition) is 2. The van der Waals surface area contributed by atoms with Gasteiger partial charge in [0.25, 0.3) is 0 Å². The largest absolute Gasteiger partial charge is 0.464 e. The quantitative estimate of drug-likeness (QED) is 0.771. The lowest BCUT2D eigenvalue weighted by molar-refractivity contribution is -0.0769. The third kappa shape index (κ3) is 2.86. The molecule has 1 aliphatic rings. The molecule has 2 rings (SSSR count). The zero-order chi connectivity index (χ0) is 11.2. The lowest BCUT2D eigenvalue weighted by Crippen LogP contribution is -2.19. The Morgan fingerprint density at radius 3 is 3.00 bits per heavy atom. The van der Waals surface area contributed by atoms with Crippen LogP contribution in [0.25, 0.3) is 6.08 Å². The monoisotopic (exact) mass is 218 g/mol. The van der Waals surface area contributed by atoms with Gasteiger partial charge in [-0.1, -0.05) is 37.3 Å². The van der Waals surface area contributed by atoms with Crippen LogP contribution in [0.2, 0.25) is 0 Å². The molecule has 1 saturated heterocycles. The second-order valence-corrected chi connectivity index (χ2v) is 4.01. The Hall–Kier alpha value is -1.28. The van der Waals surface area contributed by atoms with Crippen molar-refractivity contribution < 1.29 is 9.47 Å². The molecule has 16 heavy (non-hydrogen) atoms. The molecule has 0 N–H and O–H groups in total. The number of benzene rings is 1. The van der Waals surface area contributed by atoms with Gasteiger partial charge in [0, 0.05) is 12.0 Å². The lowest BCUT2D eigenvalue weighted by atomic mass is 10.2. The summed E-state index contributed by atoms with van der Waals surface area (Å²) in [4.78, 5) is 0. The standard InChI is InChI=1S/C14H18O2/c1-2-12-8-5-6-9-13(12)16-14-10-4-3-7-11-15-14/h2,5-6,8-9,14H,1,3-4,7,10-11H2. The molecule has 0 amide bonds. The molecule has 2 heteroatoms. The first-order valence-corrected chi connectivity index (χ1v) is 5.90. The van der Waals surface area contributed by atoms with Crippen molar-refractivity contribution in [1.82, 2.24) is 0 Å². The molecule has 1 atom stereocenters. The fourth-order valence-electron chi connectivity index (χ4n) is 1.88. The molecular weight excluding hydrogens is 200 g/mol. The minimum absolute atomic E-state index is 0.0939. The van der Waals surface area contributed by atoms with Gasteiger partial charge in [0.1, 0.15) is 5.75 Å². The van der Waals surface area contributed by atoms with E-state index in [1.807, 2.05) is 30.3 Å². The highest BCUT2D eigenvalue weighted by atomic mass is 16.7. The maximum atomic E-state index is 5.86. The molecule has 1 heterocycles. The van der Waals surface area contributed by atoms with E-state index in [9.17, 15) is 0 Å². The summed E-state index contributed by atoms with van der Waals surface area (Å²) in [5.41, 5.74) is 1.02. The molecular formula is C14H18O2. The maximum absolute atomic E-state index is 5.86.